The zero-order valence-electron chi connectivity index (χ0n) is 26.2. The molecule has 40 heavy (non-hydrogen) atoms. The van der Waals surface area contributed by atoms with Gasteiger partial charge in [-0.3, -0.25) is 9.79 Å². The second-order valence-corrected chi connectivity index (χ2v) is 13.9. The largest absolute Gasteiger partial charge is 0.507 e. The molecule has 1 aliphatic carbocycles. The Bertz CT molecular complexity index is 1220. The van der Waals surface area contributed by atoms with E-state index >= 15 is 0 Å². The average Bonchev–Trinajstić information content (AvgIpc) is 2.83. The summed E-state index contributed by atoms with van der Waals surface area (Å²) < 4.78 is 4.99. The summed E-state index contributed by atoms with van der Waals surface area (Å²) >= 11 is 0. The third-order valence-corrected chi connectivity index (χ3v) is 7.15. The van der Waals surface area contributed by atoms with E-state index < -0.39 is 5.97 Å². The van der Waals surface area contributed by atoms with Crippen LogP contribution in [-0.2, 0) is 21.0 Å². The van der Waals surface area contributed by atoms with Crippen LogP contribution < -0.4 is 4.74 Å². The van der Waals surface area contributed by atoms with Gasteiger partial charge in [-0.05, 0) is 52.8 Å². The number of aliphatic imine (C=N–C) groups is 1. The first-order valence-corrected chi connectivity index (χ1v) is 14.3. The molecule has 0 aromatic heterocycles. The van der Waals surface area contributed by atoms with Crippen LogP contribution in [0, 0.1) is 5.41 Å². The van der Waals surface area contributed by atoms with E-state index in [9.17, 15) is 15.0 Å². The van der Waals surface area contributed by atoms with E-state index in [0.29, 0.717) is 28.7 Å². The molecule has 1 aliphatic rings. The molecular weight excluding hydrogens is 500 g/mol. The van der Waals surface area contributed by atoms with Gasteiger partial charge in [0.05, 0.1) is 0 Å². The van der Waals surface area contributed by atoms with Gasteiger partial charge in [-0.25, -0.2) is 0 Å². The fourth-order valence-electron chi connectivity index (χ4n) is 4.71. The Kier molecular flexibility index (Phi) is 10.8. The van der Waals surface area contributed by atoms with Crippen LogP contribution in [-0.4, -0.2) is 34.7 Å². The molecule has 220 valence electrons. The number of benzene rings is 2. The van der Waals surface area contributed by atoms with Crippen LogP contribution in [0.25, 0.3) is 0 Å². The van der Waals surface area contributed by atoms with Crippen molar-refractivity contribution in [1.29, 1.82) is 5.41 Å². The highest BCUT2D eigenvalue weighted by molar-refractivity contribution is 5.85. The highest BCUT2D eigenvalue weighted by Gasteiger charge is 2.25. The minimum absolute atomic E-state index is 0.0567. The Hall–Kier alpha value is -3.15. The predicted molar refractivity (Wildman–Crippen MR) is 166 cm³/mol. The fraction of sp³-hybridized carbons (Fsp3) is 0.559. The van der Waals surface area contributed by atoms with Gasteiger partial charge in [0.2, 0.25) is 0 Å². The van der Waals surface area contributed by atoms with Crippen molar-refractivity contribution in [1.82, 2.24) is 0 Å². The van der Waals surface area contributed by atoms with Crippen LogP contribution in [0.3, 0.4) is 0 Å². The van der Waals surface area contributed by atoms with E-state index in [4.69, 9.17) is 15.1 Å². The van der Waals surface area contributed by atoms with Gasteiger partial charge in [0, 0.05) is 47.6 Å². The summed E-state index contributed by atoms with van der Waals surface area (Å²) in [6, 6.07) is 7.80. The summed E-state index contributed by atoms with van der Waals surface area (Å²) in [6.45, 7) is 20.2. The number of hydrogen-bond acceptors (Lipinski definition) is 6. The van der Waals surface area contributed by atoms with Crippen molar-refractivity contribution in [2.45, 2.75) is 124 Å². The molecule has 0 spiro atoms. The lowest BCUT2D eigenvalue weighted by Crippen LogP contribution is -2.17. The molecule has 1 fully saturated rings. The van der Waals surface area contributed by atoms with Crippen molar-refractivity contribution in [2.24, 2.45) is 4.99 Å². The Morgan fingerprint density at radius 1 is 0.825 bits per heavy atom. The van der Waals surface area contributed by atoms with Crippen molar-refractivity contribution in [3.8, 4) is 17.2 Å². The van der Waals surface area contributed by atoms with E-state index in [1.54, 1.807) is 6.07 Å². The molecule has 2 aromatic rings. The molecule has 3 rings (SSSR count). The van der Waals surface area contributed by atoms with Crippen LogP contribution in [0.4, 0.5) is 0 Å². The van der Waals surface area contributed by atoms with E-state index in [1.807, 2.05) is 27.0 Å². The first-order chi connectivity index (χ1) is 18.3. The number of phenols is 2. The smallest absolute Gasteiger partial charge is 0.308 e. The second-order valence-electron chi connectivity index (χ2n) is 13.9. The number of ether oxygens (including phenoxy) is 1. The zero-order chi connectivity index (χ0) is 30.5. The van der Waals surface area contributed by atoms with Gasteiger partial charge in [-0.1, -0.05) is 87.6 Å². The number of esters is 1. The fourth-order valence-corrected chi connectivity index (χ4v) is 4.71. The van der Waals surface area contributed by atoms with Gasteiger partial charge in [0.1, 0.15) is 17.2 Å². The molecule has 0 saturated heterocycles. The standard InChI is InChI=1S/C21H33NO.C13H17NO3/c1-20(2,3)16-12-15(14-22-17-10-8-7-9-11-17)19(23)18(13-16)21(4,5)6;1-8(15)17-10-5-9(7-14)12(16)11(6-10)13(2,3)4/h12-14,17,23H,7-11H2,1-6H3;5-7,14,16H,1-4H3. The van der Waals surface area contributed by atoms with E-state index in [0.717, 1.165) is 17.3 Å². The predicted octanol–water partition coefficient (Wildman–Crippen LogP) is 8.35. The first-order valence-electron chi connectivity index (χ1n) is 14.3. The maximum absolute atomic E-state index is 10.9. The van der Waals surface area contributed by atoms with Gasteiger partial charge in [0.25, 0.3) is 0 Å². The molecule has 6 nitrogen and oxygen atoms in total. The van der Waals surface area contributed by atoms with Crippen molar-refractivity contribution < 1.29 is 19.7 Å². The quantitative estimate of drug-likeness (QED) is 0.202. The number of rotatable bonds is 4. The van der Waals surface area contributed by atoms with E-state index in [2.05, 4.69) is 53.7 Å². The summed E-state index contributed by atoms with van der Waals surface area (Å²) in [5.41, 5.74) is 3.80. The summed E-state index contributed by atoms with van der Waals surface area (Å²) in [6.07, 6.45) is 9.22. The minimum Gasteiger partial charge on any atom is -0.507 e. The Balaban J connectivity index is 0.000000294. The number of nitrogens with one attached hydrogen (secondary N) is 1. The number of aromatic hydroxyl groups is 2. The van der Waals surface area contributed by atoms with Gasteiger partial charge < -0.3 is 20.4 Å². The Morgan fingerprint density at radius 3 is 1.82 bits per heavy atom. The Labute approximate surface area is 241 Å². The van der Waals surface area contributed by atoms with Gasteiger partial charge in [-0.15, -0.1) is 0 Å². The molecule has 6 heteroatoms. The normalized spacial score (nSPS) is 14.9. The van der Waals surface area contributed by atoms with Crippen LogP contribution >= 0.6 is 0 Å². The number of nitrogens with zero attached hydrogens (tertiary/aromatic N) is 1. The minimum atomic E-state index is -0.425. The molecule has 1 saturated carbocycles. The molecular formula is C34H50N2O4. The third-order valence-electron chi connectivity index (χ3n) is 7.15. The van der Waals surface area contributed by atoms with Crippen molar-refractivity contribution >= 4 is 18.4 Å². The monoisotopic (exact) mass is 550 g/mol. The summed E-state index contributed by atoms with van der Waals surface area (Å²) in [7, 11) is 0. The highest BCUT2D eigenvalue weighted by Crippen LogP contribution is 2.38. The van der Waals surface area contributed by atoms with Gasteiger partial charge >= 0.3 is 5.97 Å². The highest BCUT2D eigenvalue weighted by atomic mass is 16.5. The van der Waals surface area contributed by atoms with Crippen molar-refractivity contribution in [3.05, 3.63) is 52.1 Å². The molecule has 0 bridgehead atoms. The molecule has 0 amide bonds. The second kappa shape index (κ2) is 13.0. The zero-order valence-corrected chi connectivity index (χ0v) is 26.2. The molecule has 0 heterocycles. The van der Waals surface area contributed by atoms with Gasteiger partial charge in [-0.2, -0.15) is 0 Å². The molecule has 3 N–H and O–H groups in total. The lowest BCUT2D eigenvalue weighted by atomic mass is 9.79. The molecule has 0 atom stereocenters. The first kappa shape index (κ1) is 33.1. The van der Waals surface area contributed by atoms with Crippen LogP contribution in [0.1, 0.15) is 129 Å². The third kappa shape index (κ3) is 9.21. The molecule has 2 aromatic carbocycles. The van der Waals surface area contributed by atoms with Crippen molar-refractivity contribution in [2.75, 3.05) is 0 Å². The van der Waals surface area contributed by atoms with E-state index in [-0.39, 0.29) is 22.0 Å². The summed E-state index contributed by atoms with van der Waals surface area (Å²) in [5.74, 6) is 0.374. The van der Waals surface area contributed by atoms with Crippen LogP contribution in [0.2, 0.25) is 0 Å². The lowest BCUT2D eigenvalue weighted by Gasteiger charge is -2.27. The SMILES string of the molecule is CC(=O)Oc1cc(C=N)c(O)c(C(C)(C)C)c1.CC(C)(C)c1cc(C=NC2CCCCC2)c(O)c(C(C)(C)C)c1. The average molecular weight is 551 g/mol. The number of carbonyl (C=O) groups excluding carboxylic acids is 1. The molecule has 0 aliphatic heterocycles. The van der Waals surface area contributed by atoms with Crippen LogP contribution in [0.5, 0.6) is 17.2 Å². The van der Waals surface area contributed by atoms with E-state index in [1.165, 1.54) is 50.7 Å². The molecule has 0 unspecified atom stereocenters. The molecule has 0 radical (unpaired) electrons. The Morgan fingerprint density at radius 2 is 1.35 bits per heavy atom. The van der Waals surface area contributed by atoms with Gasteiger partial charge in [0.15, 0.2) is 0 Å². The topological polar surface area (TPSA) is 103 Å². The number of phenolic OH excluding ortho intramolecular Hbond substituents is 2. The summed E-state index contributed by atoms with van der Waals surface area (Å²) in [5, 5.41) is 28.0. The lowest BCUT2D eigenvalue weighted by molar-refractivity contribution is -0.131. The number of carbonyl (C=O) groups is 1. The maximum atomic E-state index is 10.9. The van der Waals surface area contributed by atoms with Crippen molar-refractivity contribution in [3.63, 3.8) is 0 Å². The van der Waals surface area contributed by atoms with Crippen LogP contribution in [0.15, 0.2) is 29.3 Å². The number of hydrogen-bond donors (Lipinski definition) is 3. The maximum Gasteiger partial charge on any atom is 0.308 e. The summed E-state index contributed by atoms with van der Waals surface area (Å²) in [4.78, 5) is 15.7.